The second kappa shape index (κ2) is 5.62. The van der Waals surface area contributed by atoms with Crippen LogP contribution in [0.5, 0.6) is 0 Å². The van der Waals surface area contributed by atoms with Gasteiger partial charge < -0.3 is 4.90 Å². The lowest BCUT2D eigenvalue weighted by Gasteiger charge is -2.52. The molecule has 1 amide bonds. The molecule has 7 heteroatoms. The Bertz CT molecular complexity index is 665. The van der Waals surface area contributed by atoms with Crippen LogP contribution in [-0.4, -0.2) is 44.6 Å². The number of nitrogens with zero attached hydrogens (tertiary/aromatic N) is 1. The lowest BCUT2D eigenvalue weighted by Crippen LogP contribution is -2.55. The Morgan fingerprint density at radius 1 is 1.36 bits per heavy atom. The highest BCUT2D eigenvalue weighted by Crippen LogP contribution is 2.49. The van der Waals surface area contributed by atoms with Gasteiger partial charge in [0.1, 0.15) is 0 Å². The van der Waals surface area contributed by atoms with Gasteiger partial charge in [0, 0.05) is 24.0 Å². The summed E-state index contributed by atoms with van der Waals surface area (Å²) in [5.41, 5.74) is 1.06. The van der Waals surface area contributed by atoms with E-state index in [1.54, 1.807) is 11.3 Å². The third-order valence-electron chi connectivity index (χ3n) is 4.94. The molecule has 1 aliphatic carbocycles. The van der Waals surface area contributed by atoms with Gasteiger partial charge in [0.2, 0.25) is 10.0 Å². The number of nitrogens with one attached hydrogen (secondary N) is 1. The Kier molecular flexibility index (Phi) is 4.07. The normalized spacial score (nSPS) is 21.8. The van der Waals surface area contributed by atoms with Gasteiger partial charge in [-0.2, -0.15) is 0 Å². The number of amides is 1. The fourth-order valence-electron chi connectivity index (χ4n) is 3.74. The first-order chi connectivity index (χ1) is 10.3. The Balaban J connectivity index is 1.54. The van der Waals surface area contributed by atoms with E-state index in [0.717, 1.165) is 49.2 Å². The van der Waals surface area contributed by atoms with Crippen LogP contribution in [-0.2, 0) is 10.0 Å². The maximum absolute atomic E-state index is 12.5. The van der Waals surface area contributed by atoms with Crippen molar-refractivity contribution < 1.29 is 13.2 Å². The lowest BCUT2D eigenvalue weighted by molar-refractivity contribution is 0.0138. The van der Waals surface area contributed by atoms with Gasteiger partial charge >= 0.3 is 0 Å². The zero-order valence-corrected chi connectivity index (χ0v) is 14.6. The van der Waals surface area contributed by atoms with Gasteiger partial charge in [-0.1, -0.05) is 0 Å². The van der Waals surface area contributed by atoms with Crippen LogP contribution in [0.4, 0.5) is 0 Å². The van der Waals surface area contributed by atoms with Gasteiger partial charge in [0.15, 0.2) is 0 Å². The van der Waals surface area contributed by atoms with Crippen LogP contribution in [0.2, 0.25) is 0 Å². The summed E-state index contributed by atoms with van der Waals surface area (Å²) in [4.78, 5) is 15.5. The van der Waals surface area contributed by atoms with E-state index in [-0.39, 0.29) is 17.4 Å². The van der Waals surface area contributed by atoms with Crippen LogP contribution in [0.3, 0.4) is 0 Å². The maximum atomic E-state index is 12.5. The van der Waals surface area contributed by atoms with Gasteiger partial charge in [0.05, 0.1) is 11.8 Å². The van der Waals surface area contributed by atoms with Crippen molar-refractivity contribution in [2.45, 2.75) is 38.6 Å². The largest absolute Gasteiger partial charge is 0.339 e. The van der Waals surface area contributed by atoms with Gasteiger partial charge in [0.25, 0.3) is 5.91 Å². The van der Waals surface area contributed by atoms with Crippen LogP contribution in [0.15, 0.2) is 11.4 Å². The standard InChI is InChI=1S/C15H22N2O3S2/c1-11-13(3-8-21-11)14(18)17-6-4-15(5-7-17)9-12(10-15)16-22(2,19)20/h3,8,12,16H,4-7,9-10H2,1-2H3. The SMILES string of the molecule is Cc1sccc1C(=O)N1CCC2(CC1)CC(NS(C)(=O)=O)C2. The smallest absolute Gasteiger partial charge is 0.254 e. The summed E-state index contributed by atoms with van der Waals surface area (Å²) in [7, 11) is -3.11. The van der Waals surface area contributed by atoms with Crippen molar-refractivity contribution in [3.63, 3.8) is 0 Å². The number of aryl methyl sites for hydroxylation is 1. The molecule has 2 heterocycles. The molecular weight excluding hydrogens is 320 g/mol. The molecule has 0 atom stereocenters. The van der Waals surface area contributed by atoms with Crippen molar-refractivity contribution in [2.75, 3.05) is 19.3 Å². The average Bonchev–Trinajstić information content (AvgIpc) is 2.81. The quantitative estimate of drug-likeness (QED) is 0.913. The first-order valence-electron chi connectivity index (χ1n) is 7.59. The molecule has 0 aromatic carbocycles. The summed E-state index contributed by atoms with van der Waals surface area (Å²) in [5.74, 6) is 0.138. The minimum atomic E-state index is -3.11. The highest BCUT2D eigenvalue weighted by atomic mass is 32.2. The first kappa shape index (κ1) is 16.0. The Labute approximate surface area is 135 Å². The molecule has 0 unspecified atom stereocenters. The fraction of sp³-hybridized carbons (Fsp3) is 0.667. The average molecular weight is 342 g/mol. The van der Waals surface area contributed by atoms with Crippen LogP contribution in [0.25, 0.3) is 0 Å². The predicted molar refractivity (Wildman–Crippen MR) is 87.6 cm³/mol. The molecule has 1 aromatic heterocycles. The summed E-state index contributed by atoms with van der Waals surface area (Å²) in [6.07, 6.45) is 4.97. The third kappa shape index (κ3) is 3.21. The summed E-state index contributed by atoms with van der Waals surface area (Å²) in [6, 6.07) is 1.98. The van der Waals surface area contributed by atoms with E-state index in [0.29, 0.717) is 0 Å². The number of hydrogen-bond donors (Lipinski definition) is 1. The van der Waals surface area contributed by atoms with Gasteiger partial charge in [-0.05, 0) is 49.5 Å². The molecule has 22 heavy (non-hydrogen) atoms. The molecule has 3 rings (SSSR count). The highest BCUT2D eigenvalue weighted by molar-refractivity contribution is 7.88. The molecule has 122 valence electrons. The lowest BCUT2D eigenvalue weighted by atomic mass is 9.60. The van der Waals surface area contributed by atoms with Crippen molar-refractivity contribution >= 4 is 27.3 Å². The third-order valence-corrected chi connectivity index (χ3v) is 6.55. The van der Waals surface area contributed by atoms with Gasteiger partial charge in [-0.3, -0.25) is 4.79 Å². The van der Waals surface area contributed by atoms with Crippen LogP contribution in [0, 0.1) is 12.3 Å². The number of likely N-dealkylation sites (tertiary alicyclic amines) is 1. The summed E-state index contributed by atoms with van der Waals surface area (Å²) >= 11 is 1.61. The number of sulfonamides is 1. The number of carbonyl (C=O) groups is 1. The van der Waals surface area contributed by atoms with E-state index in [2.05, 4.69) is 4.72 Å². The molecule has 0 radical (unpaired) electrons. The number of hydrogen-bond acceptors (Lipinski definition) is 4. The number of rotatable bonds is 3. The van der Waals surface area contributed by atoms with Gasteiger partial charge in [-0.25, -0.2) is 13.1 Å². The maximum Gasteiger partial charge on any atom is 0.254 e. The van der Waals surface area contributed by atoms with Crippen molar-refractivity contribution in [1.82, 2.24) is 9.62 Å². The van der Waals surface area contributed by atoms with E-state index in [4.69, 9.17) is 0 Å². The topological polar surface area (TPSA) is 66.5 Å². The molecule has 1 spiro atoms. The Morgan fingerprint density at radius 2 is 2.00 bits per heavy atom. The summed E-state index contributed by atoms with van der Waals surface area (Å²) < 4.78 is 25.2. The first-order valence-corrected chi connectivity index (χ1v) is 10.4. The van der Waals surface area contributed by atoms with Crippen molar-refractivity contribution in [3.05, 3.63) is 21.9 Å². The number of thiophene rings is 1. The van der Waals surface area contributed by atoms with Crippen LogP contribution < -0.4 is 4.72 Å². The predicted octanol–water partition coefficient (Wildman–Crippen LogP) is 1.99. The molecular formula is C15H22N2O3S2. The number of piperidine rings is 1. The molecule has 2 fully saturated rings. The molecule has 1 aromatic rings. The van der Waals surface area contributed by atoms with E-state index < -0.39 is 10.0 Å². The highest BCUT2D eigenvalue weighted by Gasteiger charge is 2.47. The summed E-state index contributed by atoms with van der Waals surface area (Å²) in [5, 5.41) is 1.96. The Hall–Kier alpha value is -0.920. The van der Waals surface area contributed by atoms with Crippen molar-refractivity contribution in [1.29, 1.82) is 0 Å². The molecule has 1 aliphatic heterocycles. The van der Waals surface area contributed by atoms with E-state index in [1.165, 1.54) is 6.26 Å². The molecule has 1 saturated carbocycles. The van der Waals surface area contributed by atoms with Crippen LogP contribution >= 0.6 is 11.3 Å². The number of carbonyl (C=O) groups excluding carboxylic acids is 1. The second-order valence-electron chi connectivity index (χ2n) is 6.68. The molecule has 0 bridgehead atoms. The zero-order valence-electron chi connectivity index (χ0n) is 13.0. The summed E-state index contributed by atoms with van der Waals surface area (Å²) in [6.45, 7) is 3.54. The monoisotopic (exact) mass is 342 g/mol. The molecule has 1 N–H and O–H groups in total. The van der Waals surface area contributed by atoms with Crippen LogP contribution in [0.1, 0.15) is 40.9 Å². The van der Waals surface area contributed by atoms with Crippen molar-refractivity contribution in [2.24, 2.45) is 5.41 Å². The fourth-order valence-corrected chi connectivity index (χ4v) is 5.20. The Morgan fingerprint density at radius 3 is 2.50 bits per heavy atom. The molecule has 2 aliphatic rings. The minimum absolute atomic E-state index is 0.0800. The van der Waals surface area contributed by atoms with E-state index in [1.807, 2.05) is 23.3 Å². The minimum Gasteiger partial charge on any atom is -0.339 e. The van der Waals surface area contributed by atoms with E-state index in [9.17, 15) is 13.2 Å². The van der Waals surface area contributed by atoms with Crippen molar-refractivity contribution in [3.8, 4) is 0 Å². The molecule has 5 nitrogen and oxygen atoms in total. The second-order valence-corrected chi connectivity index (χ2v) is 9.58. The van der Waals surface area contributed by atoms with E-state index >= 15 is 0 Å². The molecule has 1 saturated heterocycles. The zero-order chi connectivity index (χ0) is 16.0. The van der Waals surface area contributed by atoms with Gasteiger partial charge in [-0.15, -0.1) is 11.3 Å².